The third-order valence-corrected chi connectivity index (χ3v) is 6.08. The average molecular weight is 564 g/mol. The molecule has 0 radical (unpaired) electrons. The van der Waals surface area contributed by atoms with Crippen LogP contribution < -0.4 is 10.5 Å². The fourth-order valence-corrected chi connectivity index (χ4v) is 3.86. The minimum Gasteiger partial charge on any atom is -0.488 e. The number of nitrogens with zero attached hydrogens (tertiary/aromatic N) is 1. The molecule has 0 saturated heterocycles. The molecule has 0 heterocycles. The first-order valence-corrected chi connectivity index (χ1v) is 12.7. The largest absolute Gasteiger partial charge is 0.488 e. The smallest absolute Gasteiger partial charge is 0.258 e. The van der Waals surface area contributed by atoms with Gasteiger partial charge in [0.25, 0.3) is 5.91 Å². The van der Waals surface area contributed by atoms with Crippen LogP contribution in [0.25, 0.3) is 0 Å². The Morgan fingerprint density at radius 3 is 2.78 bits per heavy atom. The monoisotopic (exact) mass is 563 g/mol. The molecule has 0 fully saturated rings. The highest BCUT2D eigenvalue weighted by Gasteiger charge is 2.17. The molecule has 1 unspecified atom stereocenters. The number of hydrogen-bond donors (Lipinski definition) is 2. The fourth-order valence-electron chi connectivity index (χ4n) is 2.73. The van der Waals surface area contributed by atoms with E-state index < -0.39 is 22.0 Å². The number of nitrogens with one attached hydrogen (secondary N) is 1. The van der Waals surface area contributed by atoms with Crippen LogP contribution in [0.1, 0.15) is 20.8 Å². The van der Waals surface area contributed by atoms with Crippen LogP contribution >= 0.6 is 23.2 Å². The second-order valence-corrected chi connectivity index (χ2v) is 9.57. The Labute approximate surface area is 227 Å². The van der Waals surface area contributed by atoms with E-state index in [1.807, 2.05) is 6.07 Å². The third-order valence-electron chi connectivity index (χ3n) is 4.46. The van der Waals surface area contributed by atoms with Gasteiger partial charge in [-0.05, 0) is 31.2 Å². The van der Waals surface area contributed by atoms with Crippen molar-refractivity contribution in [1.82, 2.24) is 5.32 Å². The standard InChI is InChI=1S/C25H23Cl2N3O5S.CH4/c1-3-22(36(29,32)33)14-23(27)24(4-2)30-25(31)16-34-20-11-9-18(26)12-21(13-20)35-19-7-5-6-17(15-28)8-10-19;/h3-9,12-14,24H,2,11,16H2,1H3,(H,30,31)(H2,29,32,33);1H4/b22-3+,23-14+;. The van der Waals surface area contributed by atoms with Crippen LogP contribution in [0.2, 0.25) is 0 Å². The summed E-state index contributed by atoms with van der Waals surface area (Å²) in [5.41, 5.74) is 3.29. The second kappa shape index (κ2) is 14.9. The van der Waals surface area contributed by atoms with Gasteiger partial charge in [0.05, 0.1) is 22.6 Å². The van der Waals surface area contributed by atoms with Crippen molar-refractivity contribution in [2.75, 3.05) is 6.61 Å². The number of hydrogen-bond acceptors (Lipinski definition) is 6. The van der Waals surface area contributed by atoms with E-state index in [0.29, 0.717) is 34.3 Å². The molecule has 0 aromatic rings. The molecule has 0 aromatic heterocycles. The van der Waals surface area contributed by atoms with Crippen molar-refractivity contribution in [1.29, 1.82) is 5.26 Å². The summed E-state index contributed by atoms with van der Waals surface area (Å²) in [6, 6.07) is 1.15. The molecule has 8 nitrogen and oxygen atoms in total. The first-order valence-electron chi connectivity index (χ1n) is 10.4. The van der Waals surface area contributed by atoms with Crippen molar-refractivity contribution in [2.24, 2.45) is 5.14 Å². The fraction of sp³-hybridized carbons (Fsp3) is 0.192. The van der Waals surface area contributed by atoms with E-state index in [4.69, 9.17) is 43.1 Å². The van der Waals surface area contributed by atoms with Gasteiger partial charge in [-0.25, -0.2) is 13.6 Å². The summed E-state index contributed by atoms with van der Waals surface area (Å²) in [5.74, 6) is 0.537. The zero-order valence-electron chi connectivity index (χ0n) is 19.2. The van der Waals surface area contributed by atoms with Gasteiger partial charge in [-0.2, -0.15) is 5.26 Å². The molecule has 2 aliphatic rings. The predicted octanol–water partition coefficient (Wildman–Crippen LogP) is 4.99. The number of carbonyl (C=O) groups excluding carboxylic acids is 1. The van der Waals surface area contributed by atoms with Crippen molar-refractivity contribution >= 4 is 39.1 Å². The SMILES string of the molecule is C.C=CC(NC(=O)COC1=CC(OC2=C=CC(C#N)=CC=C2)=CC(Cl)=CC1)/C(Cl)=C\C(=C/C)S(N)(=O)=O. The summed E-state index contributed by atoms with van der Waals surface area (Å²) in [6.07, 6.45) is 15.3. The maximum Gasteiger partial charge on any atom is 0.258 e. The first kappa shape index (κ1) is 31.5. The van der Waals surface area contributed by atoms with Crippen molar-refractivity contribution in [3.8, 4) is 6.07 Å². The Morgan fingerprint density at radius 2 is 2.16 bits per heavy atom. The Hall–Kier alpha value is -3.51. The number of allylic oxidation sites excluding steroid dienone is 10. The quantitative estimate of drug-likeness (QED) is 0.218. The molecule has 0 saturated carbocycles. The molecular weight excluding hydrogens is 537 g/mol. The van der Waals surface area contributed by atoms with Crippen molar-refractivity contribution in [3.63, 3.8) is 0 Å². The summed E-state index contributed by atoms with van der Waals surface area (Å²) in [5, 5.41) is 17.1. The number of amides is 1. The molecule has 2 aliphatic carbocycles. The van der Waals surface area contributed by atoms with Crippen LogP contribution in [0.5, 0.6) is 0 Å². The molecule has 0 aliphatic heterocycles. The maximum atomic E-state index is 12.5. The van der Waals surface area contributed by atoms with E-state index in [-0.39, 0.29) is 24.0 Å². The number of rotatable bonds is 10. The molecule has 0 spiro atoms. The number of nitriles is 1. The summed E-state index contributed by atoms with van der Waals surface area (Å²) in [7, 11) is -3.98. The lowest BCUT2D eigenvalue weighted by Crippen LogP contribution is -2.36. The lowest BCUT2D eigenvalue weighted by atomic mass is 10.2. The highest BCUT2D eigenvalue weighted by molar-refractivity contribution is 7.93. The summed E-state index contributed by atoms with van der Waals surface area (Å²) >= 11 is 12.4. The molecule has 11 heteroatoms. The van der Waals surface area contributed by atoms with Crippen LogP contribution in [-0.2, 0) is 24.3 Å². The van der Waals surface area contributed by atoms with Crippen LogP contribution in [0.3, 0.4) is 0 Å². The average Bonchev–Trinajstić information content (AvgIpc) is 3.16. The molecule has 37 heavy (non-hydrogen) atoms. The Bertz CT molecular complexity index is 1350. The van der Waals surface area contributed by atoms with Gasteiger partial charge in [-0.1, -0.05) is 60.7 Å². The summed E-state index contributed by atoms with van der Waals surface area (Å²) in [4.78, 5) is 12.3. The van der Waals surface area contributed by atoms with Gasteiger partial charge in [0.1, 0.15) is 11.5 Å². The van der Waals surface area contributed by atoms with Crippen molar-refractivity contribution in [3.05, 3.63) is 111 Å². The van der Waals surface area contributed by atoms with Crippen LogP contribution in [0, 0.1) is 11.3 Å². The highest BCUT2D eigenvalue weighted by atomic mass is 35.5. The lowest BCUT2D eigenvalue weighted by Gasteiger charge is -2.16. The van der Waals surface area contributed by atoms with E-state index in [1.165, 1.54) is 25.2 Å². The number of primary sulfonamides is 1. The van der Waals surface area contributed by atoms with Gasteiger partial charge in [0, 0.05) is 28.6 Å². The van der Waals surface area contributed by atoms with Crippen LogP contribution in [-0.4, -0.2) is 27.0 Å². The van der Waals surface area contributed by atoms with E-state index >= 15 is 0 Å². The normalized spacial score (nSPS) is 16.7. The minimum absolute atomic E-state index is 0. The number of sulfonamides is 1. The number of halogens is 2. The highest BCUT2D eigenvalue weighted by Crippen LogP contribution is 2.23. The van der Waals surface area contributed by atoms with Crippen LogP contribution in [0.15, 0.2) is 111 Å². The minimum atomic E-state index is -3.98. The summed E-state index contributed by atoms with van der Waals surface area (Å²) < 4.78 is 34.6. The number of nitrogens with two attached hydrogens (primary N) is 1. The van der Waals surface area contributed by atoms with Gasteiger partial charge < -0.3 is 14.8 Å². The van der Waals surface area contributed by atoms with Gasteiger partial charge in [-0.3, -0.25) is 4.79 Å². The molecular formula is C26H27Cl2N3O5S. The molecule has 0 bridgehead atoms. The molecule has 196 valence electrons. The first-order chi connectivity index (χ1) is 17.0. The van der Waals surface area contributed by atoms with Crippen molar-refractivity contribution in [2.45, 2.75) is 26.8 Å². The number of carbonyl (C=O) groups is 1. The van der Waals surface area contributed by atoms with Gasteiger partial charge in [0.15, 0.2) is 12.4 Å². The molecule has 3 N–H and O–H groups in total. The predicted molar refractivity (Wildman–Crippen MR) is 146 cm³/mol. The van der Waals surface area contributed by atoms with Gasteiger partial charge in [0.2, 0.25) is 10.0 Å². The van der Waals surface area contributed by atoms with Crippen LogP contribution in [0.4, 0.5) is 0 Å². The molecule has 1 atom stereocenters. The van der Waals surface area contributed by atoms with E-state index in [2.05, 4.69) is 17.6 Å². The summed E-state index contributed by atoms with van der Waals surface area (Å²) in [6.45, 7) is 4.72. The second-order valence-electron chi connectivity index (χ2n) is 7.13. The van der Waals surface area contributed by atoms with E-state index in [1.54, 1.807) is 36.5 Å². The number of ether oxygens (including phenoxy) is 2. The Morgan fingerprint density at radius 1 is 1.43 bits per heavy atom. The molecule has 1 amide bonds. The van der Waals surface area contributed by atoms with E-state index in [0.717, 1.165) is 6.08 Å². The Balaban J connectivity index is 0.00000684. The Kier molecular flexibility index (Phi) is 12.7. The molecule has 0 aromatic carbocycles. The zero-order chi connectivity index (χ0) is 26.7. The topological polar surface area (TPSA) is 132 Å². The molecule has 2 rings (SSSR count). The third kappa shape index (κ3) is 10.6. The van der Waals surface area contributed by atoms with Gasteiger partial charge in [-0.15, -0.1) is 6.58 Å². The zero-order valence-corrected chi connectivity index (χ0v) is 21.5. The van der Waals surface area contributed by atoms with E-state index in [9.17, 15) is 13.2 Å². The van der Waals surface area contributed by atoms with Crippen molar-refractivity contribution < 1.29 is 22.7 Å². The lowest BCUT2D eigenvalue weighted by molar-refractivity contribution is -0.124. The maximum absolute atomic E-state index is 12.5. The van der Waals surface area contributed by atoms with Gasteiger partial charge >= 0.3 is 0 Å².